The van der Waals surface area contributed by atoms with Crippen LogP contribution in [0.5, 0.6) is 0 Å². The number of aliphatic carboxylic acids is 1. The summed E-state index contributed by atoms with van der Waals surface area (Å²) in [6.07, 6.45) is 0.689. The highest BCUT2D eigenvalue weighted by Crippen LogP contribution is 2.07. The summed E-state index contributed by atoms with van der Waals surface area (Å²) < 4.78 is 0. The number of amides is 2. The average Bonchev–Trinajstić information content (AvgIpc) is 2.21. The van der Waals surface area contributed by atoms with Gasteiger partial charge >= 0.3 is 12.0 Å². The molecule has 0 aliphatic rings. The van der Waals surface area contributed by atoms with Crippen LogP contribution in [0.2, 0.25) is 0 Å². The Bertz CT molecular complexity index is 221. The molecule has 5 N–H and O–H groups in total. The number of hydrogen-bond acceptors (Lipinski definition) is 3. The summed E-state index contributed by atoms with van der Waals surface area (Å²) in [4.78, 5) is 22.0. The highest BCUT2D eigenvalue weighted by molar-refractivity contribution is 5.82. The summed E-state index contributed by atoms with van der Waals surface area (Å²) in [6.45, 7) is 4.31. The third kappa shape index (κ3) is 5.21. The minimum absolute atomic E-state index is 0.105. The normalized spacial score (nSPS) is 14.1. The van der Waals surface area contributed by atoms with Crippen molar-refractivity contribution in [2.45, 2.75) is 26.3 Å². The Kier molecular flexibility index (Phi) is 6.44. The number of carboxylic acids is 1. The van der Waals surface area contributed by atoms with Gasteiger partial charge in [0.25, 0.3) is 0 Å². The molecule has 0 radical (unpaired) electrons. The number of nitrogens with two attached hydrogens (primary N) is 1. The summed E-state index contributed by atoms with van der Waals surface area (Å²) >= 11 is 0. The van der Waals surface area contributed by atoms with E-state index in [4.69, 9.17) is 10.8 Å². The second kappa shape index (κ2) is 7.05. The monoisotopic (exact) mass is 217 g/mol. The Labute approximate surface area is 89.2 Å². The zero-order valence-corrected chi connectivity index (χ0v) is 9.12. The summed E-state index contributed by atoms with van der Waals surface area (Å²) in [5.41, 5.74) is 5.19. The van der Waals surface area contributed by atoms with E-state index in [-0.39, 0.29) is 5.92 Å². The van der Waals surface area contributed by atoms with Crippen LogP contribution in [0.4, 0.5) is 4.79 Å². The third-order valence-electron chi connectivity index (χ3n) is 2.20. The largest absolute Gasteiger partial charge is 0.480 e. The fraction of sp³-hybridized carbons (Fsp3) is 0.778. The van der Waals surface area contributed by atoms with Gasteiger partial charge in [0.15, 0.2) is 0 Å². The fourth-order valence-corrected chi connectivity index (χ4v) is 1.06. The van der Waals surface area contributed by atoms with Crippen molar-refractivity contribution in [3.8, 4) is 0 Å². The van der Waals surface area contributed by atoms with E-state index >= 15 is 0 Å². The maximum Gasteiger partial charge on any atom is 0.326 e. The SMILES string of the molecule is CCC(C)[C@H](NC(=O)NCCN)C(=O)O. The van der Waals surface area contributed by atoms with Gasteiger partial charge in [0.1, 0.15) is 6.04 Å². The lowest BCUT2D eigenvalue weighted by molar-refractivity contribution is -0.140. The minimum Gasteiger partial charge on any atom is -0.480 e. The molecular weight excluding hydrogens is 198 g/mol. The van der Waals surface area contributed by atoms with E-state index in [1.165, 1.54) is 0 Å². The number of carbonyl (C=O) groups is 2. The molecule has 0 aliphatic carbocycles. The van der Waals surface area contributed by atoms with Gasteiger partial charge in [0, 0.05) is 13.1 Å². The summed E-state index contributed by atoms with van der Waals surface area (Å²) in [6, 6.07) is -1.35. The first-order valence-corrected chi connectivity index (χ1v) is 5.00. The van der Waals surface area contributed by atoms with Crippen LogP contribution in [-0.4, -0.2) is 36.2 Å². The molecule has 15 heavy (non-hydrogen) atoms. The molecule has 6 heteroatoms. The van der Waals surface area contributed by atoms with Crippen molar-refractivity contribution in [2.75, 3.05) is 13.1 Å². The predicted molar refractivity (Wildman–Crippen MR) is 56.5 cm³/mol. The topological polar surface area (TPSA) is 104 Å². The Morgan fingerprint density at radius 1 is 1.47 bits per heavy atom. The molecule has 6 nitrogen and oxygen atoms in total. The van der Waals surface area contributed by atoms with Gasteiger partial charge in [-0.05, 0) is 5.92 Å². The Hall–Kier alpha value is -1.30. The van der Waals surface area contributed by atoms with E-state index in [0.717, 1.165) is 0 Å². The Morgan fingerprint density at radius 2 is 2.07 bits per heavy atom. The number of rotatable bonds is 6. The van der Waals surface area contributed by atoms with Crippen LogP contribution in [-0.2, 0) is 4.79 Å². The van der Waals surface area contributed by atoms with E-state index in [2.05, 4.69) is 10.6 Å². The van der Waals surface area contributed by atoms with Gasteiger partial charge in [-0.25, -0.2) is 9.59 Å². The Morgan fingerprint density at radius 3 is 2.47 bits per heavy atom. The second-order valence-corrected chi connectivity index (χ2v) is 3.39. The lowest BCUT2D eigenvalue weighted by Crippen LogP contribution is -2.49. The molecule has 0 aromatic rings. The van der Waals surface area contributed by atoms with Crippen molar-refractivity contribution >= 4 is 12.0 Å². The molecule has 2 amide bonds. The lowest BCUT2D eigenvalue weighted by atomic mass is 9.99. The molecule has 0 aromatic heterocycles. The quantitative estimate of drug-likeness (QED) is 0.492. The molecule has 0 saturated carbocycles. The van der Waals surface area contributed by atoms with Crippen molar-refractivity contribution in [2.24, 2.45) is 11.7 Å². The molecule has 0 fully saturated rings. The highest BCUT2D eigenvalue weighted by Gasteiger charge is 2.24. The molecule has 0 aromatic carbocycles. The molecular formula is C9H19N3O3. The van der Waals surface area contributed by atoms with Gasteiger partial charge < -0.3 is 21.5 Å². The number of carboxylic acid groups (broad SMARTS) is 1. The zero-order chi connectivity index (χ0) is 11.8. The van der Waals surface area contributed by atoms with E-state index in [1.807, 2.05) is 6.92 Å². The number of nitrogens with one attached hydrogen (secondary N) is 2. The van der Waals surface area contributed by atoms with E-state index in [1.54, 1.807) is 6.92 Å². The molecule has 1 unspecified atom stereocenters. The number of carbonyl (C=O) groups excluding carboxylic acids is 1. The van der Waals surface area contributed by atoms with E-state index < -0.39 is 18.0 Å². The van der Waals surface area contributed by atoms with Crippen LogP contribution < -0.4 is 16.4 Å². The van der Waals surface area contributed by atoms with Gasteiger partial charge in [-0.15, -0.1) is 0 Å². The van der Waals surface area contributed by atoms with Crippen LogP contribution in [0.3, 0.4) is 0 Å². The molecule has 0 aliphatic heterocycles. The van der Waals surface area contributed by atoms with Crippen LogP contribution in [0.1, 0.15) is 20.3 Å². The van der Waals surface area contributed by atoms with E-state index in [0.29, 0.717) is 19.5 Å². The van der Waals surface area contributed by atoms with Crippen molar-refractivity contribution in [3.63, 3.8) is 0 Å². The van der Waals surface area contributed by atoms with Crippen molar-refractivity contribution in [1.29, 1.82) is 0 Å². The van der Waals surface area contributed by atoms with Gasteiger partial charge in [0.05, 0.1) is 0 Å². The van der Waals surface area contributed by atoms with Crippen LogP contribution in [0.25, 0.3) is 0 Å². The molecule has 0 bridgehead atoms. The van der Waals surface area contributed by atoms with Crippen LogP contribution in [0, 0.1) is 5.92 Å². The highest BCUT2D eigenvalue weighted by atomic mass is 16.4. The van der Waals surface area contributed by atoms with Gasteiger partial charge in [-0.3, -0.25) is 0 Å². The first-order chi connectivity index (χ1) is 7.02. The van der Waals surface area contributed by atoms with E-state index in [9.17, 15) is 9.59 Å². The maximum absolute atomic E-state index is 11.2. The minimum atomic E-state index is -1.02. The van der Waals surface area contributed by atoms with Gasteiger partial charge in [-0.2, -0.15) is 0 Å². The maximum atomic E-state index is 11.2. The van der Waals surface area contributed by atoms with Crippen molar-refractivity contribution in [1.82, 2.24) is 10.6 Å². The lowest BCUT2D eigenvalue weighted by Gasteiger charge is -2.20. The first-order valence-electron chi connectivity index (χ1n) is 5.00. The van der Waals surface area contributed by atoms with Crippen molar-refractivity contribution < 1.29 is 14.7 Å². The number of hydrogen-bond donors (Lipinski definition) is 4. The smallest absolute Gasteiger partial charge is 0.326 e. The Balaban J connectivity index is 4.16. The average molecular weight is 217 g/mol. The van der Waals surface area contributed by atoms with Crippen molar-refractivity contribution in [3.05, 3.63) is 0 Å². The zero-order valence-electron chi connectivity index (χ0n) is 9.12. The molecule has 0 rings (SSSR count). The summed E-state index contributed by atoms with van der Waals surface area (Å²) in [5, 5.41) is 13.7. The summed E-state index contributed by atoms with van der Waals surface area (Å²) in [7, 11) is 0. The molecule has 0 saturated heterocycles. The summed E-state index contributed by atoms with van der Waals surface area (Å²) in [5.74, 6) is -1.13. The number of urea groups is 1. The third-order valence-corrected chi connectivity index (χ3v) is 2.20. The second-order valence-electron chi connectivity index (χ2n) is 3.39. The fourth-order valence-electron chi connectivity index (χ4n) is 1.06. The molecule has 0 heterocycles. The molecule has 2 atom stereocenters. The first kappa shape index (κ1) is 13.7. The predicted octanol–water partition coefficient (Wildman–Crippen LogP) is -0.256. The standard InChI is InChI=1S/C9H19N3O3/c1-3-6(2)7(8(13)14)12-9(15)11-5-4-10/h6-7H,3-5,10H2,1-2H3,(H,13,14)(H2,11,12,15)/t6?,7-/m0/s1. The molecule has 88 valence electrons. The van der Waals surface area contributed by atoms with Gasteiger partial charge in [-0.1, -0.05) is 20.3 Å². The molecule has 0 spiro atoms. The van der Waals surface area contributed by atoms with Gasteiger partial charge in [0.2, 0.25) is 0 Å². The van der Waals surface area contributed by atoms with Crippen LogP contribution >= 0.6 is 0 Å². The van der Waals surface area contributed by atoms with Crippen LogP contribution in [0.15, 0.2) is 0 Å².